The first-order chi connectivity index (χ1) is 7.67. The van der Waals surface area contributed by atoms with E-state index in [2.05, 4.69) is 4.90 Å². The van der Waals surface area contributed by atoms with E-state index >= 15 is 0 Å². The largest absolute Gasteiger partial charge is 0.384 e. The number of benzene rings is 1. The van der Waals surface area contributed by atoms with Crippen LogP contribution in [0.2, 0.25) is 5.02 Å². The van der Waals surface area contributed by atoms with Gasteiger partial charge in [-0.3, -0.25) is 4.90 Å². The van der Waals surface area contributed by atoms with Gasteiger partial charge in [0.2, 0.25) is 0 Å². The Morgan fingerprint density at radius 2 is 2.19 bits per heavy atom. The molecule has 0 radical (unpaired) electrons. The fourth-order valence-corrected chi connectivity index (χ4v) is 2.78. The highest BCUT2D eigenvalue weighted by Crippen LogP contribution is 2.38. The third-order valence-electron chi connectivity index (χ3n) is 3.70. The minimum absolute atomic E-state index is 0.687. The minimum atomic E-state index is -0.687. The molecule has 1 aromatic carbocycles. The van der Waals surface area contributed by atoms with Crippen LogP contribution in [0.1, 0.15) is 24.8 Å². The van der Waals surface area contributed by atoms with Crippen LogP contribution in [0.15, 0.2) is 24.3 Å². The van der Waals surface area contributed by atoms with Gasteiger partial charge in [0, 0.05) is 24.2 Å². The molecule has 1 N–H and O–H groups in total. The number of rotatable bonds is 2. The van der Waals surface area contributed by atoms with Gasteiger partial charge in [-0.2, -0.15) is 0 Å². The number of likely N-dealkylation sites (tertiary alicyclic amines) is 1. The average Bonchev–Trinajstić information content (AvgIpc) is 3.03. The first-order valence-electron chi connectivity index (χ1n) is 5.90. The summed E-state index contributed by atoms with van der Waals surface area (Å²) in [5.41, 5.74) is 0.274. The van der Waals surface area contributed by atoms with E-state index in [1.54, 1.807) is 0 Å². The van der Waals surface area contributed by atoms with E-state index in [0.717, 1.165) is 31.1 Å². The van der Waals surface area contributed by atoms with Gasteiger partial charge in [0.1, 0.15) is 5.60 Å². The van der Waals surface area contributed by atoms with Crippen molar-refractivity contribution in [2.24, 2.45) is 0 Å². The topological polar surface area (TPSA) is 23.5 Å². The number of halogens is 1. The summed E-state index contributed by atoms with van der Waals surface area (Å²) in [5, 5.41) is 11.3. The molecule has 0 amide bonds. The zero-order valence-electron chi connectivity index (χ0n) is 9.19. The molecule has 2 nitrogen and oxygen atoms in total. The summed E-state index contributed by atoms with van der Waals surface area (Å²) < 4.78 is 0. The predicted octanol–water partition coefficient (Wildman–Crippen LogP) is 2.40. The average molecular weight is 238 g/mol. The standard InChI is InChI=1S/C13H16ClNO/c14-11-3-1-2-10(8-11)13(16)6-7-15(9-13)12-4-5-12/h1-3,8,12,16H,4-7,9H2. The smallest absolute Gasteiger partial charge is 0.104 e. The maximum Gasteiger partial charge on any atom is 0.104 e. The molecule has 86 valence electrons. The summed E-state index contributed by atoms with van der Waals surface area (Å²) in [7, 11) is 0. The van der Waals surface area contributed by atoms with Crippen molar-refractivity contribution in [2.45, 2.75) is 30.9 Å². The molecule has 1 aliphatic carbocycles. The zero-order chi connectivity index (χ0) is 11.2. The second kappa shape index (κ2) is 3.73. The van der Waals surface area contributed by atoms with Crippen LogP contribution in [-0.2, 0) is 5.60 Å². The molecular weight excluding hydrogens is 222 g/mol. The molecule has 16 heavy (non-hydrogen) atoms. The van der Waals surface area contributed by atoms with Crippen LogP contribution < -0.4 is 0 Å². The van der Waals surface area contributed by atoms with Crippen LogP contribution in [0.3, 0.4) is 0 Å². The van der Waals surface area contributed by atoms with Crippen molar-refractivity contribution >= 4 is 11.6 Å². The van der Waals surface area contributed by atoms with Gasteiger partial charge in [-0.1, -0.05) is 23.7 Å². The van der Waals surface area contributed by atoms with Gasteiger partial charge in [-0.05, 0) is 37.0 Å². The number of β-amino-alcohol motifs (C(OH)–C–C–N with tert-alkyl or cyclic N) is 1. The summed E-state index contributed by atoms with van der Waals surface area (Å²) in [5.74, 6) is 0. The second-order valence-corrected chi connectivity index (χ2v) is 5.43. The molecular formula is C13H16ClNO. The van der Waals surface area contributed by atoms with Gasteiger partial charge in [0.05, 0.1) is 0 Å². The quantitative estimate of drug-likeness (QED) is 0.854. The van der Waals surface area contributed by atoms with Gasteiger partial charge < -0.3 is 5.11 Å². The Morgan fingerprint density at radius 1 is 1.38 bits per heavy atom. The van der Waals surface area contributed by atoms with E-state index in [9.17, 15) is 5.11 Å². The highest BCUT2D eigenvalue weighted by atomic mass is 35.5. The molecule has 1 saturated carbocycles. The van der Waals surface area contributed by atoms with E-state index in [0.29, 0.717) is 5.02 Å². The van der Waals surface area contributed by atoms with Crippen molar-refractivity contribution in [2.75, 3.05) is 13.1 Å². The number of hydrogen-bond acceptors (Lipinski definition) is 2. The van der Waals surface area contributed by atoms with Crippen LogP contribution in [0, 0.1) is 0 Å². The summed E-state index contributed by atoms with van der Waals surface area (Å²) in [6, 6.07) is 8.35. The van der Waals surface area contributed by atoms with Crippen molar-refractivity contribution < 1.29 is 5.11 Å². The molecule has 1 saturated heterocycles. The summed E-state index contributed by atoms with van der Waals surface area (Å²) in [6.45, 7) is 1.77. The highest BCUT2D eigenvalue weighted by Gasteiger charge is 2.42. The van der Waals surface area contributed by atoms with E-state index in [4.69, 9.17) is 11.6 Å². The third kappa shape index (κ3) is 1.86. The Kier molecular flexibility index (Phi) is 2.46. The van der Waals surface area contributed by atoms with Crippen LogP contribution >= 0.6 is 11.6 Å². The van der Waals surface area contributed by atoms with Crippen molar-refractivity contribution in [1.82, 2.24) is 4.90 Å². The summed E-state index contributed by atoms with van der Waals surface area (Å²) in [4.78, 5) is 2.40. The maximum absolute atomic E-state index is 10.6. The normalized spacial score (nSPS) is 30.9. The second-order valence-electron chi connectivity index (χ2n) is 4.99. The maximum atomic E-state index is 10.6. The molecule has 1 aromatic rings. The molecule has 0 bridgehead atoms. The SMILES string of the molecule is OC1(c2cccc(Cl)c2)CCN(C2CC2)C1. The van der Waals surface area contributed by atoms with E-state index < -0.39 is 5.60 Å². The number of aliphatic hydroxyl groups is 1. The van der Waals surface area contributed by atoms with Gasteiger partial charge in [0.15, 0.2) is 0 Å². The minimum Gasteiger partial charge on any atom is -0.384 e. The Labute approximate surface area is 101 Å². The monoisotopic (exact) mass is 237 g/mol. The Balaban J connectivity index is 1.83. The third-order valence-corrected chi connectivity index (χ3v) is 3.94. The molecule has 0 spiro atoms. The van der Waals surface area contributed by atoms with Crippen LogP contribution in [0.5, 0.6) is 0 Å². The molecule has 1 aliphatic heterocycles. The molecule has 2 aliphatic rings. The lowest BCUT2D eigenvalue weighted by atomic mass is 9.93. The van der Waals surface area contributed by atoms with Gasteiger partial charge in [-0.25, -0.2) is 0 Å². The first-order valence-corrected chi connectivity index (χ1v) is 6.28. The Hall–Kier alpha value is -0.570. The fraction of sp³-hybridized carbons (Fsp3) is 0.538. The van der Waals surface area contributed by atoms with Crippen molar-refractivity contribution in [3.63, 3.8) is 0 Å². The van der Waals surface area contributed by atoms with E-state index in [-0.39, 0.29) is 0 Å². The lowest BCUT2D eigenvalue weighted by Crippen LogP contribution is -2.31. The van der Waals surface area contributed by atoms with E-state index in [1.807, 2.05) is 24.3 Å². The lowest BCUT2D eigenvalue weighted by molar-refractivity contribution is 0.0452. The number of hydrogen-bond donors (Lipinski definition) is 1. The summed E-state index contributed by atoms with van der Waals surface area (Å²) in [6.07, 6.45) is 3.42. The molecule has 0 aromatic heterocycles. The van der Waals surface area contributed by atoms with Crippen molar-refractivity contribution in [1.29, 1.82) is 0 Å². The van der Waals surface area contributed by atoms with Gasteiger partial charge in [-0.15, -0.1) is 0 Å². The van der Waals surface area contributed by atoms with Crippen molar-refractivity contribution in [3.8, 4) is 0 Å². The van der Waals surface area contributed by atoms with Crippen LogP contribution in [0.4, 0.5) is 0 Å². The molecule has 1 unspecified atom stereocenters. The van der Waals surface area contributed by atoms with Crippen LogP contribution in [-0.4, -0.2) is 29.1 Å². The molecule has 3 rings (SSSR count). The van der Waals surface area contributed by atoms with E-state index in [1.165, 1.54) is 12.8 Å². The van der Waals surface area contributed by atoms with Gasteiger partial charge >= 0.3 is 0 Å². The molecule has 1 heterocycles. The Morgan fingerprint density at radius 3 is 2.88 bits per heavy atom. The lowest BCUT2D eigenvalue weighted by Gasteiger charge is -2.24. The molecule has 3 heteroatoms. The van der Waals surface area contributed by atoms with Gasteiger partial charge in [0.25, 0.3) is 0 Å². The summed E-state index contributed by atoms with van der Waals surface area (Å²) >= 11 is 5.97. The zero-order valence-corrected chi connectivity index (χ0v) is 9.95. The molecule has 1 atom stereocenters. The van der Waals surface area contributed by atoms with Crippen molar-refractivity contribution in [3.05, 3.63) is 34.9 Å². The predicted molar refractivity (Wildman–Crippen MR) is 64.6 cm³/mol. The first kappa shape index (κ1) is 10.6. The molecule has 2 fully saturated rings. The highest BCUT2D eigenvalue weighted by molar-refractivity contribution is 6.30. The number of nitrogens with zero attached hydrogens (tertiary/aromatic N) is 1. The fourth-order valence-electron chi connectivity index (χ4n) is 2.59. The van der Waals surface area contributed by atoms with Crippen LogP contribution in [0.25, 0.3) is 0 Å². The Bertz CT molecular complexity index is 405.